The van der Waals surface area contributed by atoms with Crippen LogP contribution in [0.15, 0.2) is 24.3 Å². The highest BCUT2D eigenvalue weighted by molar-refractivity contribution is 6.01. The molecular formula is C14H19NO4. The molecule has 0 saturated heterocycles. The topological polar surface area (TPSA) is 66.8 Å². The van der Waals surface area contributed by atoms with E-state index >= 15 is 0 Å². The standard InChI is InChI=1S/C14H19NO4/c1-10(9-19-3)8-13(16)15(2)12-7-5-4-6-11(12)14(17)18/h4-7,10H,8-9H2,1-3H3,(H,17,18). The molecule has 0 spiro atoms. The van der Waals surface area contributed by atoms with Gasteiger partial charge in [0.25, 0.3) is 0 Å². The van der Waals surface area contributed by atoms with Gasteiger partial charge in [0.2, 0.25) is 5.91 Å². The number of carboxylic acids is 1. The van der Waals surface area contributed by atoms with Crippen molar-refractivity contribution in [2.75, 3.05) is 25.7 Å². The van der Waals surface area contributed by atoms with Gasteiger partial charge < -0.3 is 14.7 Å². The third-order valence-electron chi connectivity index (χ3n) is 2.84. The van der Waals surface area contributed by atoms with Gasteiger partial charge in [-0.05, 0) is 18.1 Å². The van der Waals surface area contributed by atoms with Crippen LogP contribution in [0.3, 0.4) is 0 Å². The van der Waals surface area contributed by atoms with Crippen molar-refractivity contribution in [2.45, 2.75) is 13.3 Å². The van der Waals surface area contributed by atoms with Gasteiger partial charge in [-0.15, -0.1) is 0 Å². The molecule has 1 amide bonds. The van der Waals surface area contributed by atoms with Crippen molar-refractivity contribution >= 4 is 17.6 Å². The van der Waals surface area contributed by atoms with E-state index in [1.54, 1.807) is 32.4 Å². The van der Waals surface area contributed by atoms with Gasteiger partial charge in [-0.3, -0.25) is 4.79 Å². The van der Waals surface area contributed by atoms with Crippen LogP contribution in [0.2, 0.25) is 0 Å². The van der Waals surface area contributed by atoms with E-state index in [0.29, 0.717) is 18.7 Å². The molecule has 0 heterocycles. The zero-order valence-electron chi connectivity index (χ0n) is 11.4. The Morgan fingerprint density at radius 2 is 2.00 bits per heavy atom. The van der Waals surface area contributed by atoms with Crippen molar-refractivity contribution in [3.8, 4) is 0 Å². The lowest BCUT2D eigenvalue weighted by Crippen LogP contribution is -2.29. The highest BCUT2D eigenvalue weighted by Crippen LogP contribution is 2.20. The molecule has 1 unspecified atom stereocenters. The predicted octanol–water partition coefficient (Wildman–Crippen LogP) is 2.02. The molecule has 0 aromatic heterocycles. The summed E-state index contributed by atoms with van der Waals surface area (Å²) in [6.07, 6.45) is 0.318. The molecule has 5 heteroatoms. The fraction of sp³-hybridized carbons (Fsp3) is 0.429. The Labute approximate surface area is 112 Å². The van der Waals surface area contributed by atoms with E-state index in [9.17, 15) is 9.59 Å². The number of methoxy groups -OCH3 is 1. The maximum absolute atomic E-state index is 12.1. The number of anilines is 1. The van der Waals surface area contributed by atoms with E-state index < -0.39 is 5.97 Å². The van der Waals surface area contributed by atoms with Gasteiger partial charge >= 0.3 is 5.97 Å². The number of rotatable bonds is 6. The van der Waals surface area contributed by atoms with Gasteiger partial charge in [-0.25, -0.2) is 4.79 Å². The molecule has 19 heavy (non-hydrogen) atoms. The Morgan fingerprint density at radius 3 is 2.58 bits per heavy atom. The summed E-state index contributed by atoms with van der Waals surface area (Å²) in [7, 11) is 3.17. The van der Waals surface area contributed by atoms with Crippen LogP contribution in [0.5, 0.6) is 0 Å². The Hall–Kier alpha value is -1.88. The first kappa shape index (κ1) is 15.2. The minimum atomic E-state index is -1.04. The van der Waals surface area contributed by atoms with E-state index in [4.69, 9.17) is 9.84 Å². The van der Waals surface area contributed by atoms with Crippen LogP contribution in [-0.2, 0) is 9.53 Å². The number of hydrogen-bond donors (Lipinski definition) is 1. The number of carboxylic acid groups (broad SMARTS) is 1. The van der Waals surface area contributed by atoms with Crippen LogP contribution in [-0.4, -0.2) is 37.7 Å². The van der Waals surface area contributed by atoms with Crippen molar-refractivity contribution in [3.63, 3.8) is 0 Å². The monoisotopic (exact) mass is 265 g/mol. The van der Waals surface area contributed by atoms with Crippen LogP contribution in [0.1, 0.15) is 23.7 Å². The van der Waals surface area contributed by atoms with Crippen LogP contribution in [0.4, 0.5) is 5.69 Å². The number of benzene rings is 1. The molecule has 0 bridgehead atoms. The maximum Gasteiger partial charge on any atom is 0.337 e. The molecular weight excluding hydrogens is 246 g/mol. The summed E-state index contributed by atoms with van der Waals surface area (Å²) in [4.78, 5) is 24.6. The molecule has 1 N–H and O–H groups in total. The zero-order valence-corrected chi connectivity index (χ0v) is 11.4. The first-order valence-corrected chi connectivity index (χ1v) is 6.05. The molecule has 0 radical (unpaired) electrons. The van der Waals surface area contributed by atoms with E-state index in [1.807, 2.05) is 6.92 Å². The Bertz CT molecular complexity index is 459. The second kappa shape index (κ2) is 6.89. The quantitative estimate of drug-likeness (QED) is 0.854. The van der Waals surface area contributed by atoms with Gasteiger partial charge in [-0.2, -0.15) is 0 Å². The third-order valence-corrected chi connectivity index (χ3v) is 2.84. The van der Waals surface area contributed by atoms with Crippen molar-refractivity contribution in [2.24, 2.45) is 5.92 Å². The second-order valence-corrected chi connectivity index (χ2v) is 4.54. The number of carbonyl (C=O) groups is 2. The largest absolute Gasteiger partial charge is 0.478 e. The molecule has 5 nitrogen and oxygen atoms in total. The molecule has 0 saturated carbocycles. The number of para-hydroxylation sites is 1. The van der Waals surface area contributed by atoms with Gasteiger partial charge in [-0.1, -0.05) is 19.1 Å². The zero-order chi connectivity index (χ0) is 14.4. The summed E-state index contributed by atoms with van der Waals surface area (Å²) in [5.74, 6) is -1.07. The lowest BCUT2D eigenvalue weighted by Gasteiger charge is -2.21. The third kappa shape index (κ3) is 4.06. The summed E-state index contributed by atoms with van der Waals surface area (Å²) in [5, 5.41) is 9.10. The Kier molecular flexibility index (Phi) is 5.51. The summed E-state index contributed by atoms with van der Waals surface area (Å²) in [5.41, 5.74) is 0.530. The second-order valence-electron chi connectivity index (χ2n) is 4.54. The number of aromatic carboxylic acids is 1. The van der Waals surface area contributed by atoms with Crippen LogP contribution in [0.25, 0.3) is 0 Å². The fourth-order valence-electron chi connectivity index (χ4n) is 1.86. The van der Waals surface area contributed by atoms with E-state index in [-0.39, 0.29) is 17.4 Å². The van der Waals surface area contributed by atoms with Gasteiger partial charge in [0.05, 0.1) is 11.3 Å². The van der Waals surface area contributed by atoms with E-state index in [1.165, 1.54) is 11.0 Å². The van der Waals surface area contributed by atoms with Crippen molar-refractivity contribution < 1.29 is 19.4 Å². The van der Waals surface area contributed by atoms with Crippen LogP contribution in [0, 0.1) is 5.92 Å². The predicted molar refractivity (Wildman–Crippen MR) is 72.5 cm³/mol. The highest BCUT2D eigenvalue weighted by atomic mass is 16.5. The minimum absolute atomic E-state index is 0.0944. The van der Waals surface area contributed by atoms with E-state index in [0.717, 1.165) is 0 Å². The molecule has 0 aliphatic rings. The lowest BCUT2D eigenvalue weighted by molar-refractivity contribution is -0.119. The van der Waals surface area contributed by atoms with Gasteiger partial charge in [0.1, 0.15) is 0 Å². The normalized spacial score (nSPS) is 11.9. The van der Waals surface area contributed by atoms with Crippen molar-refractivity contribution in [1.29, 1.82) is 0 Å². The van der Waals surface area contributed by atoms with E-state index in [2.05, 4.69) is 0 Å². The fourth-order valence-corrected chi connectivity index (χ4v) is 1.86. The van der Waals surface area contributed by atoms with Crippen molar-refractivity contribution in [3.05, 3.63) is 29.8 Å². The lowest BCUT2D eigenvalue weighted by atomic mass is 10.1. The average Bonchev–Trinajstić information content (AvgIpc) is 2.37. The summed E-state index contributed by atoms with van der Waals surface area (Å²) < 4.78 is 4.99. The highest BCUT2D eigenvalue weighted by Gasteiger charge is 2.19. The molecule has 0 fully saturated rings. The Morgan fingerprint density at radius 1 is 1.37 bits per heavy atom. The summed E-state index contributed by atoms with van der Waals surface area (Å²) >= 11 is 0. The SMILES string of the molecule is COCC(C)CC(=O)N(C)c1ccccc1C(=O)O. The van der Waals surface area contributed by atoms with Crippen molar-refractivity contribution in [1.82, 2.24) is 0 Å². The number of hydrogen-bond acceptors (Lipinski definition) is 3. The van der Waals surface area contributed by atoms with Crippen LogP contribution < -0.4 is 4.90 Å². The molecule has 1 aromatic carbocycles. The molecule has 1 rings (SSSR count). The smallest absolute Gasteiger partial charge is 0.337 e. The molecule has 1 aromatic rings. The molecule has 104 valence electrons. The van der Waals surface area contributed by atoms with Gasteiger partial charge in [0.15, 0.2) is 0 Å². The maximum atomic E-state index is 12.1. The first-order valence-electron chi connectivity index (χ1n) is 6.05. The number of carbonyl (C=O) groups excluding carboxylic acids is 1. The number of amides is 1. The number of nitrogens with zero attached hydrogens (tertiary/aromatic N) is 1. The minimum Gasteiger partial charge on any atom is -0.478 e. The first-order chi connectivity index (χ1) is 8.97. The van der Waals surface area contributed by atoms with Gasteiger partial charge in [0, 0.05) is 27.2 Å². The van der Waals surface area contributed by atoms with Crippen LogP contribution >= 0.6 is 0 Å². The molecule has 0 aliphatic heterocycles. The average molecular weight is 265 g/mol. The number of ether oxygens (including phenoxy) is 1. The molecule has 1 atom stereocenters. The Balaban J connectivity index is 2.85. The summed E-state index contributed by atoms with van der Waals surface area (Å²) in [6, 6.07) is 6.46. The summed E-state index contributed by atoms with van der Waals surface area (Å²) in [6.45, 7) is 2.42. The molecule has 0 aliphatic carbocycles.